The lowest BCUT2D eigenvalue weighted by Gasteiger charge is -2.11. The van der Waals surface area contributed by atoms with E-state index in [0.717, 1.165) is 31.0 Å². The Hall–Kier alpha value is -1.35. The van der Waals surface area contributed by atoms with Gasteiger partial charge in [0.2, 0.25) is 0 Å². The number of guanidine groups is 1. The maximum Gasteiger partial charge on any atom is 0.251 e. The Labute approximate surface area is 161 Å². The largest absolute Gasteiger partial charge is 0.380 e. The molecule has 1 amide bonds. The summed E-state index contributed by atoms with van der Waals surface area (Å²) >= 11 is 0. The van der Waals surface area contributed by atoms with E-state index in [1.807, 2.05) is 38.1 Å². The molecular weight excluding hydrogens is 419 g/mol. The zero-order chi connectivity index (χ0) is 16.9. The molecule has 0 bridgehead atoms. The van der Waals surface area contributed by atoms with Crippen LogP contribution in [0.2, 0.25) is 0 Å². The quantitative estimate of drug-likeness (QED) is 0.233. The number of hydrogen-bond acceptors (Lipinski definition) is 3. The minimum Gasteiger partial charge on any atom is -0.380 e. The summed E-state index contributed by atoms with van der Waals surface area (Å²) in [5, 5.41) is 9.13. The van der Waals surface area contributed by atoms with Gasteiger partial charge in [-0.2, -0.15) is 0 Å². The first kappa shape index (κ1) is 22.6. The summed E-state index contributed by atoms with van der Waals surface area (Å²) in [6.07, 6.45) is 0.820. The van der Waals surface area contributed by atoms with Gasteiger partial charge in [0.05, 0.1) is 13.2 Å². The van der Waals surface area contributed by atoms with Crippen LogP contribution in [0.4, 0.5) is 0 Å². The zero-order valence-corrected chi connectivity index (χ0v) is 17.1. The van der Waals surface area contributed by atoms with E-state index in [4.69, 9.17) is 4.74 Å². The summed E-state index contributed by atoms with van der Waals surface area (Å²) < 4.78 is 5.28. The van der Waals surface area contributed by atoms with Crippen LogP contribution < -0.4 is 16.0 Å². The van der Waals surface area contributed by atoms with Crippen LogP contribution in [0.5, 0.6) is 0 Å². The maximum absolute atomic E-state index is 11.6. The SMILES string of the molecule is CCNC(=NCCOCC)NCCc1cccc(C(=O)NC)c1.I. The second-order valence-corrected chi connectivity index (χ2v) is 4.91. The van der Waals surface area contributed by atoms with Crippen molar-refractivity contribution in [1.82, 2.24) is 16.0 Å². The van der Waals surface area contributed by atoms with Crippen molar-refractivity contribution >= 4 is 35.8 Å². The van der Waals surface area contributed by atoms with E-state index >= 15 is 0 Å². The number of hydrogen-bond donors (Lipinski definition) is 3. The van der Waals surface area contributed by atoms with E-state index in [1.165, 1.54) is 0 Å². The van der Waals surface area contributed by atoms with Crippen molar-refractivity contribution in [3.8, 4) is 0 Å². The molecular formula is C17H29IN4O2. The molecule has 0 aromatic heterocycles. The highest BCUT2D eigenvalue weighted by atomic mass is 127. The minimum absolute atomic E-state index is 0. The summed E-state index contributed by atoms with van der Waals surface area (Å²) in [7, 11) is 1.64. The van der Waals surface area contributed by atoms with Gasteiger partial charge in [0.15, 0.2) is 5.96 Å². The van der Waals surface area contributed by atoms with Gasteiger partial charge >= 0.3 is 0 Å². The van der Waals surface area contributed by atoms with E-state index in [0.29, 0.717) is 25.3 Å². The number of halogens is 1. The number of carbonyl (C=O) groups excluding carboxylic acids is 1. The molecule has 0 aliphatic rings. The Morgan fingerprint density at radius 3 is 2.71 bits per heavy atom. The summed E-state index contributed by atoms with van der Waals surface area (Å²) in [6, 6.07) is 7.66. The molecule has 1 aromatic carbocycles. The van der Waals surface area contributed by atoms with Crippen LogP contribution in [-0.4, -0.2) is 51.8 Å². The normalized spacial score (nSPS) is 10.7. The van der Waals surface area contributed by atoms with Crippen molar-refractivity contribution < 1.29 is 9.53 Å². The third-order valence-electron chi connectivity index (χ3n) is 3.18. The van der Waals surface area contributed by atoms with Crippen LogP contribution in [-0.2, 0) is 11.2 Å². The van der Waals surface area contributed by atoms with Gasteiger partial charge in [0.25, 0.3) is 5.91 Å². The molecule has 0 heterocycles. The summed E-state index contributed by atoms with van der Waals surface area (Å²) in [6.45, 7) is 7.54. The summed E-state index contributed by atoms with van der Waals surface area (Å²) in [4.78, 5) is 16.1. The second-order valence-electron chi connectivity index (χ2n) is 4.91. The number of nitrogens with one attached hydrogen (secondary N) is 3. The van der Waals surface area contributed by atoms with E-state index < -0.39 is 0 Å². The van der Waals surface area contributed by atoms with Crippen LogP contribution >= 0.6 is 24.0 Å². The molecule has 0 saturated carbocycles. The van der Waals surface area contributed by atoms with Crippen molar-refractivity contribution in [2.75, 3.05) is 39.9 Å². The van der Waals surface area contributed by atoms with Crippen LogP contribution in [0, 0.1) is 0 Å². The molecule has 0 fully saturated rings. The molecule has 6 nitrogen and oxygen atoms in total. The second kappa shape index (κ2) is 14.0. The lowest BCUT2D eigenvalue weighted by molar-refractivity contribution is 0.0963. The molecule has 1 rings (SSSR count). The van der Waals surface area contributed by atoms with Crippen molar-refractivity contribution in [1.29, 1.82) is 0 Å². The van der Waals surface area contributed by atoms with Crippen LogP contribution in [0.3, 0.4) is 0 Å². The van der Waals surface area contributed by atoms with Crippen molar-refractivity contribution in [2.45, 2.75) is 20.3 Å². The number of aliphatic imine (C=N–C) groups is 1. The molecule has 24 heavy (non-hydrogen) atoms. The van der Waals surface area contributed by atoms with E-state index in [9.17, 15) is 4.79 Å². The van der Waals surface area contributed by atoms with Gasteiger partial charge in [-0.25, -0.2) is 0 Å². The first-order valence-corrected chi connectivity index (χ1v) is 8.12. The molecule has 7 heteroatoms. The van der Waals surface area contributed by atoms with Crippen LogP contribution in [0.25, 0.3) is 0 Å². The van der Waals surface area contributed by atoms with Gasteiger partial charge in [0, 0.05) is 32.3 Å². The highest BCUT2D eigenvalue weighted by molar-refractivity contribution is 14.0. The Kier molecular flexibility index (Phi) is 13.2. The molecule has 3 N–H and O–H groups in total. The predicted molar refractivity (Wildman–Crippen MR) is 109 cm³/mol. The molecule has 1 aromatic rings. The van der Waals surface area contributed by atoms with Crippen LogP contribution in [0.15, 0.2) is 29.3 Å². The molecule has 136 valence electrons. The van der Waals surface area contributed by atoms with Gasteiger partial charge < -0.3 is 20.7 Å². The minimum atomic E-state index is -0.0642. The molecule has 0 unspecified atom stereocenters. The van der Waals surface area contributed by atoms with Crippen LogP contribution in [0.1, 0.15) is 29.8 Å². The zero-order valence-electron chi connectivity index (χ0n) is 14.7. The van der Waals surface area contributed by atoms with Crippen molar-refractivity contribution in [2.24, 2.45) is 4.99 Å². The molecule has 0 aliphatic heterocycles. The maximum atomic E-state index is 11.6. The number of rotatable bonds is 9. The van der Waals surface area contributed by atoms with Crippen molar-refractivity contribution in [3.63, 3.8) is 0 Å². The third kappa shape index (κ3) is 9.07. The summed E-state index contributed by atoms with van der Waals surface area (Å²) in [5.74, 6) is 0.722. The third-order valence-corrected chi connectivity index (χ3v) is 3.18. The monoisotopic (exact) mass is 448 g/mol. The Morgan fingerprint density at radius 1 is 1.25 bits per heavy atom. The smallest absolute Gasteiger partial charge is 0.251 e. The van der Waals surface area contributed by atoms with E-state index in [-0.39, 0.29) is 29.9 Å². The highest BCUT2D eigenvalue weighted by Gasteiger charge is 2.04. The molecule has 0 spiro atoms. The molecule has 0 saturated heterocycles. The van der Waals surface area contributed by atoms with E-state index in [2.05, 4.69) is 20.9 Å². The molecule has 0 aliphatic carbocycles. The Morgan fingerprint density at radius 2 is 2.04 bits per heavy atom. The van der Waals surface area contributed by atoms with Crippen molar-refractivity contribution in [3.05, 3.63) is 35.4 Å². The Bertz CT molecular complexity index is 509. The average molecular weight is 448 g/mol. The fourth-order valence-electron chi connectivity index (χ4n) is 2.05. The van der Waals surface area contributed by atoms with Gasteiger partial charge in [-0.3, -0.25) is 9.79 Å². The molecule has 0 radical (unpaired) electrons. The van der Waals surface area contributed by atoms with Gasteiger partial charge in [-0.15, -0.1) is 24.0 Å². The lowest BCUT2D eigenvalue weighted by atomic mass is 10.1. The number of nitrogens with zero attached hydrogens (tertiary/aromatic N) is 1. The van der Waals surface area contributed by atoms with Gasteiger partial charge in [-0.05, 0) is 38.0 Å². The number of ether oxygens (including phenoxy) is 1. The fourth-order valence-corrected chi connectivity index (χ4v) is 2.05. The van der Waals surface area contributed by atoms with Gasteiger partial charge in [0.1, 0.15) is 0 Å². The topological polar surface area (TPSA) is 74.8 Å². The number of amides is 1. The van der Waals surface area contributed by atoms with Gasteiger partial charge in [-0.1, -0.05) is 12.1 Å². The first-order valence-electron chi connectivity index (χ1n) is 8.12. The molecule has 0 atom stereocenters. The number of carbonyl (C=O) groups is 1. The number of benzene rings is 1. The first-order chi connectivity index (χ1) is 11.2. The average Bonchev–Trinajstić information content (AvgIpc) is 2.58. The van der Waals surface area contributed by atoms with E-state index in [1.54, 1.807) is 7.05 Å². The lowest BCUT2D eigenvalue weighted by Crippen LogP contribution is -2.38. The highest BCUT2D eigenvalue weighted by Crippen LogP contribution is 2.05. The standard InChI is InChI=1S/C17H28N4O2.HI/c1-4-19-17(21-11-12-23-5-2)20-10-9-14-7-6-8-15(13-14)16(22)18-3;/h6-8,13H,4-5,9-12H2,1-3H3,(H,18,22)(H2,19,20,21);1H. The fraction of sp³-hybridized carbons (Fsp3) is 0.529. The Balaban J connectivity index is 0.00000529. The predicted octanol–water partition coefficient (Wildman–Crippen LogP) is 1.80. The summed E-state index contributed by atoms with van der Waals surface area (Å²) in [5.41, 5.74) is 1.80.